The Morgan fingerprint density at radius 3 is 2.38 bits per heavy atom. The van der Waals surface area contributed by atoms with Gasteiger partial charge >= 0.3 is 0 Å². The maximum Gasteiger partial charge on any atom is 0.259 e. The minimum Gasteiger partial charge on any atom is -0.507 e. The maximum atomic E-state index is 12.1. The summed E-state index contributed by atoms with van der Waals surface area (Å²) in [5.74, 6) is -0.296. The summed E-state index contributed by atoms with van der Waals surface area (Å²) in [6, 6.07) is 7.20. The standard InChI is InChI=1S/C14H10Cl3NO3/c1-21-7-2-3-8(13(19)4-7)14(20)18-12-6-10(16)9(15)5-11(12)17/h2-6,19H,1H3,(H,18,20). The molecule has 0 bridgehead atoms. The molecule has 21 heavy (non-hydrogen) atoms. The lowest BCUT2D eigenvalue weighted by Gasteiger charge is -2.10. The predicted octanol–water partition coefficient (Wildman–Crippen LogP) is 4.61. The van der Waals surface area contributed by atoms with Crippen LogP contribution in [0.5, 0.6) is 11.5 Å². The zero-order valence-electron chi connectivity index (χ0n) is 10.8. The van der Waals surface area contributed by atoms with Crippen molar-refractivity contribution in [2.24, 2.45) is 0 Å². The molecule has 0 radical (unpaired) electrons. The fourth-order valence-electron chi connectivity index (χ4n) is 1.64. The number of ether oxygens (including phenoxy) is 1. The monoisotopic (exact) mass is 345 g/mol. The van der Waals surface area contributed by atoms with Crippen molar-refractivity contribution in [2.75, 3.05) is 12.4 Å². The maximum absolute atomic E-state index is 12.1. The van der Waals surface area contributed by atoms with Crippen LogP contribution in [0.25, 0.3) is 0 Å². The predicted molar refractivity (Wildman–Crippen MR) is 84.1 cm³/mol. The number of rotatable bonds is 3. The molecule has 4 nitrogen and oxygen atoms in total. The van der Waals surface area contributed by atoms with Crippen molar-refractivity contribution in [1.82, 2.24) is 0 Å². The summed E-state index contributed by atoms with van der Waals surface area (Å²) in [7, 11) is 1.46. The molecule has 2 rings (SSSR count). The van der Waals surface area contributed by atoms with E-state index in [9.17, 15) is 9.90 Å². The molecule has 0 heterocycles. The minimum absolute atomic E-state index is 0.0814. The van der Waals surface area contributed by atoms with Gasteiger partial charge in [0.25, 0.3) is 5.91 Å². The lowest BCUT2D eigenvalue weighted by molar-refractivity contribution is 0.102. The number of benzene rings is 2. The van der Waals surface area contributed by atoms with Gasteiger partial charge in [0.2, 0.25) is 0 Å². The van der Waals surface area contributed by atoms with Crippen LogP contribution in [0.1, 0.15) is 10.4 Å². The van der Waals surface area contributed by atoms with E-state index in [1.54, 1.807) is 6.07 Å². The van der Waals surface area contributed by atoms with Crippen LogP contribution < -0.4 is 10.1 Å². The molecule has 0 fully saturated rings. The van der Waals surface area contributed by atoms with Gasteiger partial charge in [0.05, 0.1) is 33.4 Å². The van der Waals surface area contributed by atoms with Gasteiger partial charge in [0.1, 0.15) is 11.5 Å². The van der Waals surface area contributed by atoms with Gasteiger partial charge in [-0.3, -0.25) is 4.79 Å². The number of nitrogens with one attached hydrogen (secondary N) is 1. The third-order valence-electron chi connectivity index (χ3n) is 2.71. The Kier molecular flexibility index (Phi) is 4.83. The molecule has 2 aromatic rings. The summed E-state index contributed by atoms with van der Waals surface area (Å²) in [5.41, 5.74) is 0.379. The van der Waals surface area contributed by atoms with Crippen molar-refractivity contribution in [3.63, 3.8) is 0 Å². The average Bonchev–Trinajstić information content (AvgIpc) is 2.44. The molecule has 0 aliphatic carbocycles. The van der Waals surface area contributed by atoms with Crippen LogP contribution in [-0.4, -0.2) is 18.1 Å². The molecule has 1 amide bonds. The highest BCUT2D eigenvalue weighted by Crippen LogP contribution is 2.33. The number of amides is 1. The van der Waals surface area contributed by atoms with Gasteiger partial charge < -0.3 is 15.2 Å². The number of carbonyl (C=O) groups is 1. The van der Waals surface area contributed by atoms with E-state index in [0.29, 0.717) is 11.4 Å². The first kappa shape index (κ1) is 15.8. The summed E-state index contributed by atoms with van der Waals surface area (Å²) in [5, 5.41) is 13.2. The van der Waals surface area contributed by atoms with Gasteiger partial charge in [-0.05, 0) is 24.3 Å². The number of carbonyl (C=O) groups excluding carboxylic acids is 1. The normalized spacial score (nSPS) is 10.3. The molecule has 0 aliphatic heterocycles. The molecule has 2 N–H and O–H groups in total. The van der Waals surface area contributed by atoms with E-state index in [1.807, 2.05) is 0 Å². The SMILES string of the molecule is COc1ccc(C(=O)Nc2cc(Cl)c(Cl)cc2Cl)c(O)c1. The number of methoxy groups -OCH3 is 1. The lowest BCUT2D eigenvalue weighted by atomic mass is 10.1. The van der Waals surface area contributed by atoms with Crippen LogP contribution in [0.3, 0.4) is 0 Å². The molecule has 0 spiro atoms. The largest absolute Gasteiger partial charge is 0.507 e. The Bertz CT molecular complexity index is 704. The van der Waals surface area contributed by atoms with Gasteiger partial charge in [0.15, 0.2) is 0 Å². The topological polar surface area (TPSA) is 58.6 Å². The van der Waals surface area contributed by atoms with E-state index in [-0.39, 0.29) is 26.4 Å². The van der Waals surface area contributed by atoms with Crippen LogP contribution in [0.2, 0.25) is 15.1 Å². The number of halogens is 3. The second-order valence-electron chi connectivity index (χ2n) is 4.08. The first-order valence-electron chi connectivity index (χ1n) is 5.75. The summed E-state index contributed by atoms with van der Waals surface area (Å²) >= 11 is 17.7. The second kappa shape index (κ2) is 6.43. The van der Waals surface area contributed by atoms with Crippen molar-refractivity contribution < 1.29 is 14.6 Å². The first-order valence-corrected chi connectivity index (χ1v) is 6.88. The zero-order chi connectivity index (χ0) is 15.6. The van der Waals surface area contributed by atoms with Crippen molar-refractivity contribution >= 4 is 46.4 Å². The molecule has 0 unspecified atom stereocenters. The van der Waals surface area contributed by atoms with Gasteiger partial charge in [-0.15, -0.1) is 0 Å². The van der Waals surface area contributed by atoms with E-state index >= 15 is 0 Å². The Balaban J connectivity index is 2.28. The number of phenolic OH excluding ortho intramolecular Hbond substituents is 1. The molecule has 2 aromatic carbocycles. The number of hydrogen-bond donors (Lipinski definition) is 2. The Morgan fingerprint density at radius 2 is 1.76 bits per heavy atom. The summed E-state index contributed by atoms with van der Waals surface area (Å²) in [6.45, 7) is 0. The van der Waals surface area contributed by atoms with Crippen molar-refractivity contribution in [3.05, 3.63) is 51.0 Å². The fourth-order valence-corrected chi connectivity index (χ4v) is 2.23. The van der Waals surface area contributed by atoms with Crippen molar-refractivity contribution in [3.8, 4) is 11.5 Å². The smallest absolute Gasteiger partial charge is 0.259 e. The Hall–Kier alpha value is -1.62. The highest BCUT2D eigenvalue weighted by molar-refractivity contribution is 6.44. The van der Waals surface area contributed by atoms with Crippen LogP contribution >= 0.6 is 34.8 Å². The first-order chi connectivity index (χ1) is 9.92. The van der Waals surface area contributed by atoms with Crippen LogP contribution in [0, 0.1) is 0 Å². The highest BCUT2D eigenvalue weighted by Gasteiger charge is 2.14. The van der Waals surface area contributed by atoms with E-state index in [2.05, 4.69) is 5.32 Å². The van der Waals surface area contributed by atoms with Crippen LogP contribution in [0.15, 0.2) is 30.3 Å². The number of phenols is 1. The van der Waals surface area contributed by atoms with E-state index in [0.717, 1.165) is 0 Å². The minimum atomic E-state index is -0.532. The van der Waals surface area contributed by atoms with Crippen molar-refractivity contribution in [2.45, 2.75) is 0 Å². The van der Waals surface area contributed by atoms with Gasteiger partial charge in [-0.1, -0.05) is 34.8 Å². The molecule has 7 heteroatoms. The van der Waals surface area contributed by atoms with E-state index in [4.69, 9.17) is 39.5 Å². The molecule has 0 atom stereocenters. The zero-order valence-corrected chi connectivity index (χ0v) is 13.1. The second-order valence-corrected chi connectivity index (χ2v) is 5.30. The molecular weight excluding hydrogens is 337 g/mol. The van der Waals surface area contributed by atoms with E-state index < -0.39 is 5.91 Å². The Morgan fingerprint density at radius 1 is 1.10 bits per heavy atom. The van der Waals surface area contributed by atoms with Crippen LogP contribution in [-0.2, 0) is 0 Å². The number of hydrogen-bond acceptors (Lipinski definition) is 3. The fraction of sp³-hybridized carbons (Fsp3) is 0.0714. The quantitative estimate of drug-likeness (QED) is 0.798. The highest BCUT2D eigenvalue weighted by atomic mass is 35.5. The molecule has 0 saturated heterocycles. The number of aromatic hydroxyl groups is 1. The van der Waals surface area contributed by atoms with Gasteiger partial charge in [0, 0.05) is 6.07 Å². The number of anilines is 1. The summed E-state index contributed by atoms with van der Waals surface area (Å²) < 4.78 is 4.95. The molecule has 0 aromatic heterocycles. The lowest BCUT2D eigenvalue weighted by Crippen LogP contribution is -2.12. The average molecular weight is 347 g/mol. The van der Waals surface area contributed by atoms with Gasteiger partial charge in [-0.25, -0.2) is 0 Å². The van der Waals surface area contributed by atoms with Crippen LogP contribution in [0.4, 0.5) is 5.69 Å². The molecule has 110 valence electrons. The summed E-state index contributed by atoms with van der Waals surface area (Å²) in [4.78, 5) is 12.1. The third kappa shape index (κ3) is 3.53. The van der Waals surface area contributed by atoms with Crippen molar-refractivity contribution in [1.29, 1.82) is 0 Å². The molecule has 0 aliphatic rings. The molecular formula is C14H10Cl3NO3. The summed E-state index contributed by atoms with van der Waals surface area (Å²) in [6.07, 6.45) is 0. The Labute approximate surface area is 136 Å². The van der Waals surface area contributed by atoms with Gasteiger partial charge in [-0.2, -0.15) is 0 Å². The third-order valence-corrected chi connectivity index (χ3v) is 3.74. The van der Waals surface area contributed by atoms with E-state index in [1.165, 1.54) is 31.4 Å². The molecule has 0 saturated carbocycles.